The Bertz CT molecular complexity index is 1170. The summed E-state index contributed by atoms with van der Waals surface area (Å²) in [4.78, 5) is 41.8. The van der Waals surface area contributed by atoms with Crippen LogP contribution in [0.2, 0.25) is 10.0 Å². The van der Waals surface area contributed by atoms with Crippen LogP contribution in [0.3, 0.4) is 0 Å². The van der Waals surface area contributed by atoms with E-state index in [0.717, 1.165) is 55.9 Å². The number of amides is 1. The average Bonchev–Trinajstić information content (AvgIpc) is 3.34. The van der Waals surface area contributed by atoms with Gasteiger partial charge in [-0.3, -0.25) is 14.6 Å². The minimum Gasteiger partial charge on any atom is -0.480 e. The summed E-state index contributed by atoms with van der Waals surface area (Å²) in [6.07, 6.45) is 4.05. The Morgan fingerprint density at radius 1 is 1.05 bits per heavy atom. The molecule has 10 heteroatoms. The van der Waals surface area contributed by atoms with Gasteiger partial charge in [-0.2, -0.15) is 0 Å². The smallest absolute Gasteiger partial charge is 0.326 e. The Morgan fingerprint density at radius 3 is 2.41 bits per heavy atom. The molecule has 1 saturated carbocycles. The third-order valence-electron chi connectivity index (χ3n) is 6.76. The number of carboxylic acids is 1. The lowest BCUT2D eigenvalue weighted by Crippen LogP contribution is -2.45. The fourth-order valence-electron chi connectivity index (χ4n) is 4.75. The number of carboxylic acid groups (broad SMARTS) is 1. The second-order valence-corrected chi connectivity index (χ2v) is 10.3. The maximum Gasteiger partial charge on any atom is 0.326 e. The normalized spacial score (nSPS) is 19.9. The van der Waals surface area contributed by atoms with Crippen LogP contribution in [0.15, 0.2) is 47.5 Å². The van der Waals surface area contributed by atoms with Crippen molar-refractivity contribution in [2.75, 3.05) is 13.1 Å². The van der Waals surface area contributed by atoms with Gasteiger partial charge in [0.25, 0.3) is 5.91 Å². The minimum atomic E-state index is -1.17. The van der Waals surface area contributed by atoms with E-state index >= 15 is 0 Å². The summed E-state index contributed by atoms with van der Waals surface area (Å²) >= 11 is 12.1. The van der Waals surface area contributed by atoms with E-state index in [1.807, 2.05) is 12.1 Å². The molecule has 37 heavy (non-hydrogen) atoms. The van der Waals surface area contributed by atoms with Gasteiger partial charge in [0.2, 0.25) is 0 Å². The molecule has 2 aliphatic rings. The predicted octanol–water partition coefficient (Wildman–Crippen LogP) is 3.64. The topological polar surface area (TPSA) is 120 Å². The fourth-order valence-corrected chi connectivity index (χ4v) is 5.32. The first kappa shape index (κ1) is 26.9. The molecule has 0 bridgehead atoms. The minimum absolute atomic E-state index is 0.0182. The first-order valence-corrected chi connectivity index (χ1v) is 13.2. The number of aliphatic imine (C=N–C) groups is 1. The maximum atomic E-state index is 12.9. The Kier molecular flexibility index (Phi) is 9.05. The van der Waals surface area contributed by atoms with Crippen molar-refractivity contribution in [1.29, 1.82) is 0 Å². The van der Waals surface area contributed by atoms with E-state index in [-0.39, 0.29) is 39.8 Å². The van der Waals surface area contributed by atoms with Gasteiger partial charge >= 0.3 is 5.97 Å². The van der Waals surface area contributed by atoms with Crippen molar-refractivity contribution in [1.82, 2.24) is 16.0 Å². The van der Waals surface area contributed by atoms with Crippen LogP contribution < -0.4 is 16.0 Å². The SMILES string of the molecule is O=C(N[C@@H](Cc1ccc(CC(=O)[C@H]2CC[C@H](NC3=NCCCN3)C2)cc1)C(=O)O)c1c(Cl)cccc1Cl. The number of hydrogen-bond donors (Lipinski definition) is 4. The number of guanidine groups is 1. The van der Waals surface area contributed by atoms with E-state index in [0.29, 0.717) is 6.42 Å². The van der Waals surface area contributed by atoms with Crippen LogP contribution in [0.4, 0.5) is 0 Å². The van der Waals surface area contributed by atoms with Crippen LogP contribution in [0, 0.1) is 5.92 Å². The van der Waals surface area contributed by atoms with Crippen LogP contribution in [-0.4, -0.2) is 53.9 Å². The number of nitrogens with zero attached hydrogens (tertiary/aromatic N) is 1. The van der Waals surface area contributed by atoms with Crippen LogP contribution in [-0.2, 0) is 22.4 Å². The van der Waals surface area contributed by atoms with Crippen molar-refractivity contribution in [2.24, 2.45) is 10.9 Å². The number of Topliss-reactive ketones (excluding diaryl/α,β-unsaturated/α-hetero) is 1. The zero-order chi connectivity index (χ0) is 26.4. The Hall–Kier alpha value is -3.10. The van der Waals surface area contributed by atoms with Gasteiger partial charge in [-0.15, -0.1) is 0 Å². The third kappa shape index (κ3) is 7.23. The van der Waals surface area contributed by atoms with Crippen LogP contribution in [0.25, 0.3) is 0 Å². The molecule has 196 valence electrons. The van der Waals surface area contributed by atoms with Gasteiger partial charge in [0.1, 0.15) is 11.8 Å². The summed E-state index contributed by atoms with van der Waals surface area (Å²) < 4.78 is 0. The van der Waals surface area contributed by atoms with Crippen molar-refractivity contribution in [3.8, 4) is 0 Å². The molecule has 3 atom stereocenters. The number of nitrogens with one attached hydrogen (secondary N) is 3. The standard InChI is InChI=1S/C27H30Cl2N4O4/c28-20-3-1-4-21(29)24(20)25(35)33-22(26(36)37)13-16-5-7-17(8-6-16)14-23(34)18-9-10-19(15-18)32-27-30-11-2-12-31-27/h1,3-8,18-19,22H,2,9-15H2,(H,33,35)(H,36,37)(H2,30,31,32)/t18-,19-,22-/m0/s1. The lowest BCUT2D eigenvalue weighted by molar-refractivity contribution is -0.139. The highest BCUT2D eigenvalue weighted by Gasteiger charge is 2.30. The predicted molar refractivity (Wildman–Crippen MR) is 143 cm³/mol. The molecule has 0 radical (unpaired) electrons. The van der Waals surface area contributed by atoms with E-state index in [2.05, 4.69) is 20.9 Å². The molecule has 8 nitrogen and oxygen atoms in total. The van der Waals surface area contributed by atoms with E-state index in [4.69, 9.17) is 23.2 Å². The van der Waals surface area contributed by atoms with Gasteiger partial charge in [-0.05, 0) is 48.9 Å². The number of ketones is 1. The van der Waals surface area contributed by atoms with Gasteiger partial charge < -0.3 is 21.1 Å². The Labute approximate surface area is 225 Å². The Balaban J connectivity index is 1.30. The second-order valence-electron chi connectivity index (χ2n) is 9.49. The van der Waals surface area contributed by atoms with E-state index < -0.39 is 17.9 Å². The zero-order valence-corrected chi connectivity index (χ0v) is 21.8. The third-order valence-corrected chi connectivity index (χ3v) is 7.39. The van der Waals surface area contributed by atoms with Crippen molar-refractivity contribution in [2.45, 2.75) is 50.6 Å². The molecule has 0 spiro atoms. The largest absolute Gasteiger partial charge is 0.480 e. The summed E-state index contributed by atoms with van der Waals surface area (Å²) in [5.74, 6) is -0.756. The molecule has 1 amide bonds. The van der Waals surface area contributed by atoms with E-state index in [1.165, 1.54) is 12.1 Å². The van der Waals surface area contributed by atoms with Gasteiger partial charge in [0, 0.05) is 37.9 Å². The molecule has 0 saturated heterocycles. The molecular weight excluding hydrogens is 515 g/mol. The molecule has 4 rings (SSSR count). The van der Waals surface area contributed by atoms with Gasteiger partial charge in [-0.1, -0.05) is 53.5 Å². The zero-order valence-electron chi connectivity index (χ0n) is 20.3. The summed E-state index contributed by atoms with van der Waals surface area (Å²) in [5.41, 5.74) is 1.64. The van der Waals surface area contributed by atoms with Crippen molar-refractivity contribution < 1.29 is 19.5 Å². The van der Waals surface area contributed by atoms with Gasteiger partial charge in [0.05, 0.1) is 15.6 Å². The summed E-state index contributed by atoms with van der Waals surface area (Å²) in [6, 6.07) is 11.0. The molecule has 0 aromatic heterocycles. The number of halogens is 2. The number of hydrogen-bond acceptors (Lipinski definition) is 6. The number of carbonyl (C=O) groups is 3. The number of aliphatic carboxylic acids is 1. The first-order valence-electron chi connectivity index (χ1n) is 12.4. The summed E-state index contributed by atoms with van der Waals surface area (Å²) in [6.45, 7) is 1.75. The molecule has 1 aliphatic carbocycles. The highest BCUT2D eigenvalue weighted by molar-refractivity contribution is 6.39. The molecular formula is C27H30Cl2N4O4. The quantitative estimate of drug-likeness (QED) is 0.382. The molecule has 4 N–H and O–H groups in total. The number of carbonyl (C=O) groups excluding carboxylic acids is 2. The van der Waals surface area contributed by atoms with Crippen LogP contribution in [0.5, 0.6) is 0 Å². The van der Waals surface area contributed by atoms with Crippen molar-refractivity contribution in [3.63, 3.8) is 0 Å². The molecule has 1 aliphatic heterocycles. The molecule has 2 aromatic rings. The molecule has 2 aromatic carbocycles. The lowest BCUT2D eigenvalue weighted by atomic mass is 9.95. The Morgan fingerprint density at radius 2 is 1.76 bits per heavy atom. The lowest BCUT2D eigenvalue weighted by Gasteiger charge is -2.20. The maximum absolute atomic E-state index is 12.9. The van der Waals surface area contributed by atoms with Gasteiger partial charge in [-0.25, -0.2) is 4.79 Å². The fraction of sp³-hybridized carbons (Fsp3) is 0.407. The molecule has 1 heterocycles. The average molecular weight is 545 g/mol. The number of rotatable bonds is 9. The van der Waals surface area contributed by atoms with Crippen LogP contribution in [0.1, 0.15) is 47.2 Å². The first-order chi connectivity index (χ1) is 17.8. The van der Waals surface area contributed by atoms with E-state index in [1.54, 1.807) is 18.2 Å². The molecule has 0 unspecified atom stereocenters. The van der Waals surface area contributed by atoms with Crippen molar-refractivity contribution in [3.05, 3.63) is 69.2 Å². The summed E-state index contributed by atoms with van der Waals surface area (Å²) in [7, 11) is 0. The van der Waals surface area contributed by atoms with Crippen molar-refractivity contribution >= 4 is 46.8 Å². The molecule has 1 fully saturated rings. The highest BCUT2D eigenvalue weighted by atomic mass is 35.5. The van der Waals surface area contributed by atoms with Gasteiger partial charge in [0.15, 0.2) is 5.96 Å². The number of benzene rings is 2. The highest BCUT2D eigenvalue weighted by Crippen LogP contribution is 2.28. The monoisotopic (exact) mass is 544 g/mol. The summed E-state index contributed by atoms with van der Waals surface area (Å²) in [5, 5.41) is 19.1. The van der Waals surface area contributed by atoms with E-state index in [9.17, 15) is 19.5 Å². The second kappa shape index (κ2) is 12.4. The van der Waals surface area contributed by atoms with Crippen LogP contribution >= 0.6 is 23.2 Å².